The van der Waals surface area contributed by atoms with E-state index in [1.807, 2.05) is 6.92 Å². The number of nitrogens with zero attached hydrogens (tertiary/aromatic N) is 2. The molecule has 0 saturated carbocycles. The van der Waals surface area contributed by atoms with Gasteiger partial charge < -0.3 is 0 Å². The summed E-state index contributed by atoms with van der Waals surface area (Å²) in [6, 6.07) is 0. The van der Waals surface area contributed by atoms with Gasteiger partial charge in [-0.3, -0.25) is 4.79 Å². The van der Waals surface area contributed by atoms with Crippen molar-refractivity contribution in [3.63, 3.8) is 0 Å². The third kappa shape index (κ3) is 1.83. The van der Waals surface area contributed by atoms with Gasteiger partial charge in [-0.25, -0.2) is 9.97 Å². The maximum absolute atomic E-state index is 11.0. The number of carbonyl (C=O) groups is 1. The average Bonchev–Trinajstić information content (AvgIpc) is 2.05. The van der Waals surface area contributed by atoms with Gasteiger partial charge in [-0.1, -0.05) is 6.92 Å². The Labute approximate surface area is 65.5 Å². The molecule has 0 N–H and O–H groups in total. The quantitative estimate of drug-likeness (QED) is 0.598. The van der Waals surface area contributed by atoms with Crippen LogP contribution in [0.25, 0.3) is 0 Å². The first-order chi connectivity index (χ1) is 5.24. The molecule has 3 nitrogen and oxygen atoms in total. The second kappa shape index (κ2) is 3.23. The summed E-state index contributed by atoms with van der Waals surface area (Å²) in [6.07, 6.45) is 3.63. The number of hydrogen-bond acceptors (Lipinski definition) is 3. The summed E-state index contributed by atoms with van der Waals surface area (Å²) in [4.78, 5) is 18.9. The normalized spacial score (nSPS) is 9.64. The second-order valence-corrected chi connectivity index (χ2v) is 2.30. The van der Waals surface area contributed by atoms with E-state index in [0.717, 1.165) is 0 Å². The molecular formula is C8H10N2O. The SMILES string of the molecule is CCC(=O)c1cnc(C)nc1. The minimum Gasteiger partial charge on any atom is -0.294 e. The van der Waals surface area contributed by atoms with Crippen molar-refractivity contribution >= 4 is 5.78 Å². The van der Waals surface area contributed by atoms with Crippen LogP contribution in [0.2, 0.25) is 0 Å². The third-order valence-corrected chi connectivity index (χ3v) is 1.42. The fourth-order valence-corrected chi connectivity index (χ4v) is 0.741. The number of ketones is 1. The Bertz CT molecular complexity index is 253. The van der Waals surface area contributed by atoms with Crippen molar-refractivity contribution in [3.05, 3.63) is 23.8 Å². The highest BCUT2D eigenvalue weighted by atomic mass is 16.1. The van der Waals surface area contributed by atoms with Crippen LogP contribution < -0.4 is 0 Å². The van der Waals surface area contributed by atoms with Gasteiger partial charge in [0, 0.05) is 18.8 Å². The Morgan fingerprint density at radius 3 is 2.45 bits per heavy atom. The lowest BCUT2D eigenvalue weighted by Gasteiger charge is -1.95. The molecule has 58 valence electrons. The first-order valence-corrected chi connectivity index (χ1v) is 3.56. The molecule has 0 amide bonds. The Morgan fingerprint density at radius 1 is 1.45 bits per heavy atom. The van der Waals surface area contributed by atoms with Crippen LogP contribution >= 0.6 is 0 Å². The summed E-state index contributed by atoms with van der Waals surface area (Å²) in [6.45, 7) is 3.61. The first kappa shape index (κ1) is 7.85. The molecular weight excluding hydrogens is 140 g/mol. The molecule has 0 unspecified atom stereocenters. The van der Waals surface area contributed by atoms with Gasteiger partial charge >= 0.3 is 0 Å². The zero-order valence-electron chi connectivity index (χ0n) is 6.66. The smallest absolute Gasteiger partial charge is 0.165 e. The number of hydrogen-bond donors (Lipinski definition) is 0. The van der Waals surface area contributed by atoms with E-state index in [4.69, 9.17) is 0 Å². The van der Waals surface area contributed by atoms with E-state index in [0.29, 0.717) is 17.8 Å². The van der Waals surface area contributed by atoms with Gasteiger partial charge in [-0.05, 0) is 6.92 Å². The van der Waals surface area contributed by atoms with Crippen LogP contribution in [-0.4, -0.2) is 15.8 Å². The lowest BCUT2D eigenvalue weighted by Crippen LogP contribution is -1.99. The van der Waals surface area contributed by atoms with Crippen molar-refractivity contribution in [2.45, 2.75) is 20.3 Å². The molecule has 0 aliphatic carbocycles. The van der Waals surface area contributed by atoms with Crippen LogP contribution in [0.1, 0.15) is 29.5 Å². The summed E-state index contributed by atoms with van der Waals surface area (Å²) in [5.74, 6) is 0.780. The molecule has 0 aromatic carbocycles. The van der Waals surface area contributed by atoms with E-state index in [-0.39, 0.29) is 5.78 Å². The van der Waals surface area contributed by atoms with Crippen LogP contribution in [0.5, 0.6) is 0 Å². The van der Waals surface area contributed by atoms with Crippen LogP contribution in [-0.2, 0) is 0 Å². The molecule has 3 heteroatoms. The van der Waals surface area contributed by atoms with E-state index >= 15 is 0 Å². The Balaban J connectivity index is 2.90. The van der Waals surface area contributed by atoms with Crippen molar-refractivity contribution in [2.75, 3.05) is 0 Å². The molecule has 0 spiro atoms. The van der Waals surface area contributed by atoms with Gasteiger partial charge in [0.1, 0.15) is 5.82 Å². The van der Waals surface area contributed by atoms with Gasteiger partial charge in [0.25, 0.3) is 0 Å². The number of carbonyl (C=O) groups excluding carboxylic acids is 1. The average molecular weight is 150 g/mol. The Kier molecular flexibility index (Phi) is 2.31. The molecule has 0 atom stereocenters. The summed E-state index contributed by atoms with van der Waals surface area (Å²) in [7, 11) is 0. The largest absolute Gasteiger partial charge is 0.294 e. The highest BCUT2D eigenvalue weighted by molar-refractivity contribution is 5.95. The fraction of sp³-hybridized carbons (Fsp3) is 0.375. The van der Waals surface area contributed by atoms with Crippen molar-refractivity contribution in [1.82, 2.24) is 9.97 Å². The van der Waals surface area contributed by atoms with Crippen molar-refractivity contribution in [2.24, 2.45) is 0 Å². The second-order valence-electron chi connectivity index (χ2n) is 2.30. The van der Waals surface area contributed by atoms with E-state index in [1.54, 1.807) is 19.3 Å². The van der Waals surface area contributed by atoms with Crippen LogP contribution in [0, 0.1) is 6.92 Å². The number of Topliss-reactive ketones (excluding diaryl/α,β-unsaturated/α-hetero) is 1. The Morgan fingerprint density at radius 2 is 2.00 bits per heavy atom. The molecule has 0 bridgehead atoms. The predicted molar refractivity (Wildman–Crippen MR) is 41.4 cm³/mol. The number of aryl methyl sites for hydroxylation is 1. The van der Waals surface area contributed by atoms with Crippen LogP contribution in [0.4, 0.5) is 0 Å². The zero-order valence-corrected chi connectivity index (χ0v) is 6.66. The molecule has 0 aliphatic heterocycles. The summed E-state index contributed by atoms with van der Waals surface area (Å²) in [5, 5.41) is 0. The van der Waals surface area contributed by atoms with E-state index in [1.165, 1.54) is 0 Å². The number of aromatic nitrogens is 2. The zero-order chi connectivity index (χ0) is 8.27. The summed E-state index contributed by atoms with van der Waals surface area (Å²) < 4.78 is 0. The first-order valence-electron chi connectivity index (χ1n) is 3.56. The maximum Gasteiger partial charge on any atom is 0.165 e. The summed E-state index contributed by atoms with van der Waals surface area (Å²) >= 11 is 0. The molecule has 0 saturated heterocycles. The lowest BCUT2D eigenvalue weighted by atomic mass is 10.2. The molecule has 0 radical (unpaired) electrons. The van der Waals surface area contributed by atoms with E-state index in [9.17, 15) is 4.79 Å². The van der Waals surface area contributed by atoms with E-state index < -0.39 is 0 Å². The molecule has 11 heavy (non-hydrogen) atoms. The standard InChI is InChI=1S/C8H10N2O/c1-3-8(11)7-4-9-6(2)10-5-7/h4-5H,3H2,1-2H3. The molecule has 0 aliphatic rings. The van der Waals surface area contributed by atoms with Gasteiger partial charge in [0.2, 0.25) is 0 Å². The Hall–Kier alpha value is -1.25. The van der Waals surface area contributed by atoms with Crippen LogP contribution in [0.3, 0.4) is 0 Å². The van der Waals surface area contributed by atoms with Crippen LogP contribution in [0.15, 0.2) is 12.4 Å². The molecule has 1 aromatic heterocycles. The minimum absolute atomic E-state index is 0.0880. The van der Waals surface area contributed by atoms with Gasteiger partial charge in [0.15, 0.2) is 5.78 Å². The summed E-state index contributed by atoms with van der Waals surface area (Å²) in [5.41, 5.74) is 0.595. The molecule has 1 rings (SSSR count). The fourth-order valence-electron chi connectivity index (χ4n) is 0.741. The monoisotopic (exact) mass is 150 g/mol. The van der Waals surface area contributed by atoms with Gasteiger partial charge in [-0.2, -0.15) is 0 Å². The predicted octanol–water partition coefficient (Wildman–Crippen LogP) is 1.38. The van der Waals surface area contributed by atoms with Crippen molar-refractivity contribution < 1.29 is 4.79 Å². The van der Waals surface area contributed by atoms with Crippen molar-refractivity contribution in [1.29, 1.82) is 0 Å². The van der Waals surface area contributed by atoms with E-state index in [2.05, 4.69) is 9.97 Å². The molecule has 1 heterocycles. The maximum atomic E-state index is 11.0. The van der Waals surface area contributed by atoms with Crippen molar-refractivity contribution in [3.8, 4) is 0 Å². The number of rotatable bonds is 2. The lowest BCUT2D eigenvalue weighted by molar-refractivity contribution is 0.0987. The van der Waals surface area contributed by atoms with Gasteiger partial charge in [-0.15, -0.1) is 0 Å². The topological polar surface area (TPSA) is 42.9 Å². The highest BCUT2D eigenvalue weighted by Gasteiger charge is 2.01. The van der Waals surface area contributed by atoms with Gasteiger partial charge in [0.05, 0.1) is 5.56 Å². The highest BCUT2D eigenvalue weighted by Crippen LogP contribution is 1.99. The third-order valence-electron chi connectivity index (χ3n) is 1.42. The molecule has 1 aromatic rings. The molecule has 0 fully saturated rings. The minimum atomic E-state index is 0.0880.